The second kappa shape index (κ2) is 8.07. The molecule has 168 valence electrons. The molecule has 0 aliphatic rings. The lowest BCUT2D eigenvalue weighted by atomic mass is 10.0. The van der Waals surface area contributed by atoms with Gasteiger partial charge < -0.3 is 10.8 Å². The first-order chi connectivity index (χ1) is 15.6. The SMILES string of the molecule is Cc1c(C#N)cccc1-c1nc(N)c(F)c(-c2cn(Cc3cc(C(C)(C)O)n(C)n3)nn2)n1. The lowest BCUT2D eigenvalue weighted by Crippen LogP contribution is -2.19. The minimum absolute atomic E-state index is 0.0938. The second-order valence-electron chi connectivity index (χ2n) is 8.19. The molecule has 0 unspecified atom stereocenters. The third-order valence-corrected chi connectivity index (χ3v) is 5.23. The molecule has 0 atom stereocenters. The predicted octanol–water partition coefficient (Wildman–Crippen LogP) is 2.31. The first kappa shape index (κ1) is 22.0. The number of aryl methyl sites for hydroxylation is 1. The van der Waals surface area contributed by atoms with E-state index >= 15 is 0 Å². The van der Waals surface area contributed by atoms with E-state index in [1.807, 2.05) is 0 Å². The maximum absolute atomic E-state index is 14.8. The number of halogens is 1. The third kappa shape index (κ3) is 4.16. The third-order valence-electron chi connectivity index (χ3n) is 5.23. The molecule has 0 saturated carbocycles. The smallest absolute Gasteiger partial charge is 0.193 e. The van der Waals surface area contributed by atoms with Crippen molar-refractivity contribution >= 4 is 5.82 Å². The van der Waals surface area contributed by atoms with Crippen molar-refractivity contribution in [3.8, 4) is 28.8 Å². The van der Waals surface area contributed by atoms with Gasteiger partial charge in [-0.15, -0.1) is 5.10 Å². The Kier molecular flexibility index (Phi) is 5.39. The zero-order chi connectivity index (χ0) is 23.9. The van der Waals surface area contributed by atoms with Gasteiger partial charge in [-0.25, -0.2) is 19.0 Å². The van der Waals surface area contributed by atoms with E-state index in [4.69, 9.17) is 5.73 Å². The lowest BCUT2D eigenvalue weighted by Gasteiger charge is -2.16. The number of nitrogens with two attached hydrogens (primary N) is 1. The minimum Gasteiger partial charge on any atom is -0.384 e. The number of nitrogen functional groups attached to an aromatic ring is 1. The molecule has 10 nitrogen and oxygen atoms in total. The Morgan fingerprint density at radius 2 is 2.03 bits per heavy atom. The number of hydrogen-bond donors (Lipinski definition) is 2. The number of nitrogens with zero attached hydrogens (tertiary/aromatic N) is 8. The average molecular weight is 447 g/mol. The molecule has 4 aromatic rings. The van der Waals surface area contributed by atoms with Crippen LogP contribution < -0.4 is 5.73 Å². The zero-order valence-corrected chi connectivity index (χ0v) is 18.6. The number of rotatable bonds is 5. The standard InChI is InChI=1S/C22H22FN9O/c1-12-13(9-24)6-5-7-15(12)21-26-19(18(23)20(25)27-21)16-11-32(30-28-16)10-14-8-17(22(2,3)33)31(4)29-14/h5-8,11,33H,10H2,1-4H3,(H2,25,26,27). The molecule has 11 heteroatoms. The average Bonchev–Trinajstić information content (AvgIpc) is 3.36. The van der Waals surface area contributed by atoms with E-state index in [9.17, 15) is 14.8 Å². The van der Waals surface area contributed by atoms with Gasteiger partial charge in [0.1, 0.15) is 17.0 Å². The molecule has 0 saturated heterocycles. The largest absolute Gasteiger partial charge is 0.384 e. The number of hydrogen-bond acceptors (Lipinski definition) is 8. The highest BCUT2D eigenvalue weighted by Crippen LogP contribution is 2.28. The van der Waals surface area contributed by atoms with E-state index in [1.165, 1.54) is 10.9 Å². The summed E-state index contributed by atoms with van der Waals surface area (Å²) in [6.45, 7) is 5.38. The fraction of sp³-hybridized carbons (Fsp3) is 0.273. The van der Waals surface area contributed by atoms with Crippen molar-refractivity contribution in [3.05, 3.63) is 58.8 Å². The Labute approximate surface area is 189 Å². The van der Waals surface area contributed by atoms with Crippen LogP contribution in [0.2, 0.25) is 0 Å². The van der Waals surface area contributed by atoms with Crippen LogP contribution in [0.1, 0.15) is 36.4 Å². The Hall–Kier alpha value is -4.17. The maximum Gasteiger partial charge on any atom is 0.193 e. The Morgan fingerprint density at radius 1 is 1.27 bits per heavy atom. The van der Waals surface area contributed by atoms with Gasteiger partial charge in [0.2, 0.25) is 0 Å². The molecular weight excluding hydrogens is 425 g/mol. The van der Waals surface area contributed by atoms with Crippen molar-refractivity contribution in [2.45, 2.75) is 32.9 Å². The number of benzene rings is 1. The summed E-state index contributed by atoms with van der Waals surface area (Å²) in [5.74, 6) is -0.944. The molecule has 0 fully saturated rings. The fourth-order valence-corrected chi connectivity index (χ4v) is 3.58. The van der Waals surface area contributed by atoms with Gasteiger partial charge in [-0.2, -0.15) is 10.4 Å². The number of anilines is 1. The van der Waals surface area contributed by atoms with E-state index in [1.54, 1.807) is 56.8 Å². The summed E-state index contributed by atoms with van der Waals surface area (Å²) in [5, 5.41) is 32.0. The minimum atomic E-state index is -1.05. The summed E-state index contributed by atoms with van der Waals surface area (Å²) in [5.41, 5.74) is 7.86. The summed E-state index contributed by atoms with van der Waals surface area (Å²) in [7, 11) is 1.74. The first-order valence-corrected chi connectivity index (χ1v) is 10.1. The molecule has 0 radical (unpaired) electrons. The van der Waals surface area contributed by atoms with Gasteiger partial charge in [-0.05, 0) is 38.5 Å². The van der Waals surface area contributed by atoms with Crippen LogP contribution in [0, 0.1) is 24.1 Å². The number of aliphatic hydroxyl groups is 1. The quantitative estimate of drug-likeness (QED) is 0.474. The molecule has 0 bridgehead atoms. The van der Waals surface area contributed by atoms with Crippen LogP contribution in [0.4, 0.5) is 10.2 Å². The molecule has 3 N–H and O–H groups in total. The van der Waals surface area contributed by atoms with Crippen molar-refractivity contribution in [1.82, 2.24) is 34.7 Å². The summed E-state index contributed by atoms with van der Waals surface area (Å²) >= 11 is 0. The zero-order valence-electron chi connectivity index (χ0n) is 18.6. The molecule has 3 heterocycles. The lowest BCUT2D eigenvalue weighted by molar-refractivity contribution is 0.0695. The first-order valence-electron chi connectivity index (χ1n) is 10.1. The summed E-state index contributed by atoms with van der Waals surface area (Å²) < 4.78 is 17.9. The normalized spacial score (nSPS) is 11.5. The monoisotopic (exact) mass is 447 g/mol. The molecule has 33 heavy (non-hydrogen) atoms. The van der Waals surface area contributed by atoms with E-state index in [2.05, 4.69) is 31.4 Å². The highest BCUT2D eigenvalue weighted by atomic mass is 19.1. The maximum atomic E-state index is 14.8. The van der Waals surface area contributed by atoms with Gasteiger partial charge >= 0.3 is 0 Å². The van der Waals surface area contributed by atoms with Crippen LogP contribution in [-0.4, -0.2) is 39.8 Å². The van der Waals surface area contributed by atoms with Gasteiger partial charge in [-0.3, -0.25) is 4.68 Å². The van der Waals surface area contributed by atoms with Crippen LogP contribution >= 0.6 is 0 Å². The number of aromatic nitrogens is 7. The Bertz CT molecular complexity index is 1390. The Balaban J connectivity index is 1.70. The predicted molar refractivity (Wildman–Crippen MR) is 118 cm³/mol. The van der Waals surface area contributed by atoms with Gasteiger partial charge in [0.15, 0.2) is 17.5 Å². The molecule has 1 aromatic carbocycles. The van der Waals surface area contributed by atoms with Crippen molar-refractivity contribution in [1.29, 1.82) is 5.26 Å². The summed E-state index contributed by atoms with van der Waals surface area (Å²) in [6, 6.07) is 9.00. The van der Waals surface area contributed by atoms with E-state index < -0.39 is 11.4 Å². The molecule has 0 aliphatic heterocycles. The van der Waals surface area contributed by atoms with Gasteiger partial charge in [0, 0.05) is 12.6 Å². The van der Waals surface area contributed by atoms with E-state index in [0.717, 1.165) is 0 Å². The second-order valence-corrected chi connectivity index (χ2v) is 8.19. The highest BCUT2D eigenvalue weighted by Gasteiger charge is 2.23. The Morgan fingerprint density at radius 3 is 2.70 bits per heavy atom. The molecule has 0 spiro atoms. The van der Waals surface area contributed by atoms with E-state index in [0.29, 0.717) is 28.1 Å². The molecule has 0 aliphatic carbocycles. The van der Waals surface area contributed by atoms with Crippen LogP contribution in [0.15, 0.2) is 30.5 Å². The highest BCUT2D eigenvalue weighted by molar-refractivity contribution is 5.69. The van der Waals surface area contributed by atoms with Crippen molar-refractivity contribution in [2.75, 3.05) is 5.73 Å². The van der Waals surface area contributed by atoms with Crippen LogP contribution in [0.25, 0.3) is 22.8 Å². The number of nitriles is 1. The molecule has 0 amide bonds. The van der Waals surface area contributed by atoms with Crippen molar-refractivity contribution in [2.24, 2.45) is 7.05 Å². The van der Waals surface area contributed by atoms with Crippen molar-refractivity contribution < 1.29 is 9.50 Å². The van der Waals surface area contributed by atoms with Crippen molar-refractivity contribution in [3.63, 3.8) is 0 Å². The molecular formula is C22H22FN9O. The van der Waals surface area contributed by atoms with Gasteiger partial charge in [-0.1, -0.05) is 17.3 Å². The van der Waals surface area contributed by atoms with E-state index in [-0.39, 0.29) is 29.6 Å². The van der Waals surface area contributed by atoms with Gasteiger partial charge in [0.05, 0.1) is 35.8 Å². The summed E-state index contributed by atoms with van der Waals surface area (Å²) in [6.07, 6.45) is 1.53. The van der Waals surface area contributed by atoms with Gasteiger partial charge in [0.25, 0.3) is 0 Å². The topological polar surface area (TPSA) is 144 Å². The molecule has 4 rings (SSSR count). The van der Waals surface area contributed by atoms with Crippen LogP contribution in [-0.2, 0) is 19.2 Å². The summed E-state index contributed by atoms with van der Waals surface area (Å²) in [4.78, 5) is 8.40. The van der Waals surface area contributed by atoms with Crippen LogP contribution in [0.3, 0.4) is 0 Å². The van der Waals surface area contributed by atoms with Crippen LogP contribution in [0.5, 0.6) is 0 Å². The fourth-order valence-electron chi connectivity index (χ4n) is 3.58. The molecule has 3 aromatic heterocycles.